The summed E-state index contributed by atoms with van der Waals surface area (Å²) in [6.45, 7) is 0. The predicted octanol–water partition coefficient (Wildman–Crippen LogP) is 3.19. The molecule has 3 aromatic rings. The molecule has 0 radical (unpaired) electrons. The lowest BCUT2D eigenvalue weighted by atomic mass is 10.0. The molecule has 1 aromatic heterocycles. The topological polar surface area (TPSA) is 109 Å². The monoisotopic (exact) mass is 445 g/mol. The zero-order valence-electron chi connectivity index (χ0n) is 16.0. The van der Waals surface area contributed by atoms with Crippen LogP contribution in [0.1, 0.15) is 23.8 Å². The quantitative estimate of drug-likeness (QED) is 0.627. The van der Waals surface area contributed by atoms with Gasteiger partial charge in [-0.25, -0.2) is 16.8 Å². The van der Waals surface area contributed by atoms with Gasteiger partial charge in [-0.3, -0.25) is 4.72 Å². The highest BCUT2D eigenvalue weighted by molar-refractivity contribution is 7.92. The standard InChI is InChI=1S/C20H19N3O5S2/c1-29(24,25)23-19(20-11-6-12-28-20)14-18(21-23)15-7-5-8-16(13-15)22-30(26,27)17-9-3-2-4-10-17/h2-13,19,22H,14H2,1H3. The van der Waals surface area contributed by atoms with E-state index in [1.54, 1.807) is 54.6 Å². The number of nitrogens with one attached hydrogen (secondary N) is 1. The second-order valence-corrected chi connectivity index (χ2v) is 10.3. The summed E-state index contributed by atoms with van der Waals surface area (Å²) in [5, 5.41) is 4.29. The van der Waals surface area contributed by atoms with Crippen molar-refractivity contribution in [1.29, 1.82) is 0 Å². The van der Waals surface area contributed by atoms with Crippen LogP contribution in [0, 0.1) is 0 Å². The minimum absolute atomic E-state index is 0.148. The third-order valence-corrected chi connectivity index (χ3v) is 7.00. The maximum Gasteiger partial charge on any atom is 0.261 e. The minimum Gasteiger partial charge on any atom is -0.467 e. The Bertz CT molecular complexity index is 1290. The molecule has 1 aliphatic heterocycles. The average Bonchev–Trinajstić information content (AvgIpc) is 3.38. The number of hydrogen-bond donors (Lipinski definition) is 1. The second kappa shape index (κ2) is 7.62. The Labute approximate surface area is 174 Å². The maximum atomic E-state index is 12.6. The summed E-state index contributed by atoms with van der Waals surface area (Å²) in [5.41, 5.74) is 1.49. The highest BCUT2D eigenvalue weighted by Crippen LogP contribution is 2.35. The maximum absolute atomic E-state index is 12.6. The zero-order chi connectivity index (χ0) is 21.4. The smallest absolute Gasteiger partial charge is 0.261 e. The summed E-state index contributed by atoms with van der Waals surface area (Å²) in [6.07, 6.45) is 2.86. The van der Waals surface area contributed by atoms with Gasteiger partial charge in [-0.15, -0.1) is 0 Å². The summed E-state index contributed by atoms with van der Waals surface area (Å²) in [5.74, 6) is 0.486. The highest BCUT2D eigenvalue weighted by Gasteiger charge is 2.36. The number of hydrogen-bond acceptors (Lipinski definition) is 6. The zero-order valence-corrected chi connectivity index (χ0v) is 17.6. The van der Waals surface area contributed by atoms with Crippen molar-refractivity contribution >= 4 is 31.4 Å². The fraction of sp³-hybridized carbons (Fsp3) is 0.150. The van der Waals surface area contributed by atoms with Gasteiger partial charge in [-0.1, -0.05) is 30.3 Å². The van der Waals surface area contributed by atoms with Crippen LogP contribution in [0.5, 0.6) is 0 Å². The Kier molecular flexibility index (Phi) is 5.12. The van der Waals surface area contributed by atoms with Crippen LogP contribution in [0.2, 0.25) is 0 Å². The molecular weight excluding hydrogens is 426 g/mol. The first kappa shape index (κ1) is 20.2. The van der Waals surface area contributed by atoms with Gasteiger partial charge in [-0.2, -0.15) is 9.52 Å². The van der Waals surface area contributed by atoms with E-state index in [2.05, 4.69) is 9.82 Å². The summed E-state index contributed by atoms with van der Waals surface area (Å²) in [7, 11) is -7.36. The molecule has 1 aliphatic rings. The van der Waals surface area contributed by atoms with Crippen molar-refractivity contribution in [2.75, 3.05) is 11.0 Å². The van der Waals surface area contributed by atoms with E-state index >= 15 is 0 Å². The van der Waals surface area contributed by atoms with Crippen LogP contribution in [0.4, 0.5) is 5.69 Å². The molecule has 2 heterocycles. The van der Waals surface area contributed by atoms with Crippen LogP contribution in [-0.4, -0.2) is 33.2 Å². The van der Waals surface area contributed by atoms with Gasteiger partial charge in [0, 0.05) is 12.1 Å². The molecule has 30 heavy (non-hydrogen) atoms. The van der Waals surface area contributed by atoms with Crippen molar-refractivity contribution in [3.63, 3.8) is 0 Å². The number of furan rings is 1. The van der Waals surface area contributed by atoms with Gasteiger partial charge in [-0.05, 0) is 42.0 Å². The van der Waals surface area contributed by atoms with E-state index in [1.165, 1.54) is 18.4 Å². The van der Waals surface area contributed by atoms with Crippen molar-refractivity contribution in [2.45, 2.75) is 17.4 Å². The van der Waals surface area contributed by atoms with Gasteiger partial charge < -0.3 is 4.42 Å². The van der Waals surface area contributed by atoms with Crippen LogP contribution in [-0.2, 0) is 20.0 Å². The molecule has 0 amide bonds. The molecule has 8 nitrogen and oxygen atoms in total. The van der Waals surface area contributed by atoms with Crippen LogP contribution in [0.15, 0.2) is 87.4 Å². The van der Waals surface area contributed by atoms with Gasteiger partial charge in [0.15, 0.2) is 0 Å². The van der Waals surface area contributed by atoms with Crippen molar-refractivity contribution in [2.24, 2.45) is 5.10 Å². The predicted molar refractivity (Wildman–Crippen MR) is 113 cm³/mol. The third-order valence-electron chi connectivity index (χ3n) is 4.59. The first-order chi connectivity index (χ1) is 14.2. The van der Waals surface area contributed by atoms with Gasteiger partial charge in [0.05, 0.1) is 23.1 Å². The third kappa shape index (κ3) is 4.10. The Hall–Kier alpha value is -3.11. The molecule has 156 valence electrons. The van der Waals surface area contributed by atoms with Gasteiger partial charge in [0.2, 0.25) is 10.0 Å². The van der Waals surface area contributed by atoms with E-state index in [4.69, 9.17) is 4.42 Å². The molecule has 0 aliphatic carbocycles. The van der Waals surface area contributed by atoms with E-state index < -0.39 is 26.1 Å². The summed E-state index contributed by atoms with van der Waals surface area (Å²) < 4.78 is 58.6. The molecule has 0 saturated heterocycles. The van der Waals surface area contributed by atoms with Gasteiger partial charge >= 0.3 is 0 Å². The van der Waals surface area contributed by atoms with E-state index in [9.17, 15) is 16.8 Å². The van der Waals surface area contributed by atoms with Crippen LogP contribution in [0.3, 0.4) is 0 Å². The molecule has 1 unspecified atom stereocenters. The average molecular weight is 446 g/mol. The second-order valence-electron chi connectivity index (χ2n) is 6.82. The highest BCUT2D eigenvalue weighted by atomic mass is 32.2. The van der Waals surface area contributed by atoms with Crippen molar-refractivity contribution in [1.82, 2.24) is 4.41 Å². The number of rotatable bonds is 6. The van der Waals surface area contributed by atoms with Gasteiger partial charge in [0.1, 0.15) is 11.8 Å². The Morgan fingerprint density at radius 2 is 1.77 bits per heavy atom. The molecular formula is C20H19N3O5S2. The molecule has 0 bridgehead atoms. The molecule has 10 heteroatoms. The number of benzene rings is 2. The molecule has 2 aromatic carbocycles. The fourth-order valence-corrected chi connectivity index (χ4v) is 5.20. The van der Waals surface area contributed by atoms with E-state index in [0.717, 1.165) is 10.7 Å². The summed E-state index contributed by atoms with van der Waals surface area (Å²) in [4.78, 5) is 0.148. The Morgan fingerprint density at radius 3 is 2.43 bits per heavy atom. The van der Waals surface area contributed by atoms with Crippen molar-refractivity contribution < 1.29 is 21.3 Å². The van der Waals surface area contributed by atoms with Crippen molar-refractivity contribution in [3.8, 4) is 0 Å². The van der Waals surface area contributed by atoms with E-state index in [-0.39, 0.29) is 4.90 Å². The van der Waals surface area contributed by atoms with Crippen LogP contribution in [0.25, 0.3) is 0 Å². The Morgan fingerprint density at radius 1 is 1.00 bits per heavy atom. The lowest BCUT2D eigenvalue weighted by Crippen LogP contribution is -2.25. The Balaban J connectivity index is 1.64. The van der Waals surface area contributed by atoms with Crippen LogP contribution < -0.4 is 4.72 Å². The summed E-state index contributed by atoms with van der Waals surface area (Å²) in [6, 6.07) is 17.5. The normalized spacial score (nSPS) is 17.0. The minimum atomic E-state index is -3.75. The van der Waals surface area contributed by atoms with Crippen LogP contribution >= 0.6 is 0 Å². The molecule has 0 fully saturated rings. The first-order valence-corrected chi connectivity index (χ1v) is 12.4. The fourth-order valence-electron chi connectivity index (χ4n) is 3.24. The first-order valence-electron chi connectivity index (χ1n) is 9.03. The number of hydrazone groups is 1. The van der Waals surface area contributed by atoms with E-state index in [1.807, 2.05) is 0 Å². The van der Waals surface area contributed by atoms with Gasteiger partial charge in [0.25, 0.3) is 10.0 Å². The largest absolute Gasteiger partial charge is 0.467 e. The number of sulfonamides is 2. The summed E-state index contributed by atoms with van der Waals surface area (Å²) >= 11 is 0. The lowest BCUT2D eigenvalue weighted by Gasteiger charge is -2.18. The molecule has 1 N–H and O–H groups in total. The number of anilines is 1. The molecule has 1 atom stereocenters. The molecule has 0 spiro atoms. The molecule has 4 rings (SSSR count). The lowest BCUT2D eigenvalue weighted by molar-refractivity contribution is 0.322. The van der Waals surface area contributed by atoms with Crippen molar-refractivity contribution in [3.05, 3.63) is 84.3 Å². The number of nitrogens with zero attached hydrogens (tertiary/aromatic N) is 2. The molecule has 0 saturated carbocycles. The SMILES string of the molecule is CS(=O)(=O)N1N=C(c2cccc(NS(=O)(=O)c3ccccc3)c2)CC1c1ccco1. The van der Waals surface area contributed by atoms with E-state index in [0.29, 0.717) is 29.1 Å².